The second-order valence-corrected chi connectivity index (χ2v) is 6.40. The molecule has 27 heavy (non-hydrogen) atoms. The summed E-state index contributed by atoms with van der Waals surface area (Å²) < 4.78 is 10.6. The molecule has 0 bridgehead atoms. The van der Waals surface area contributed by atoms with Crippen molar-refractivity contribution < 1.29 is 19.1 Å². The number of rotatable bonds is 7. The second kappa shape index (κ2) is 8.58. The van der Waals surface area contributed by atoms with Crippen LogP contribution in [0.5, 0.6) is 11.5 Å². The molecule has 2 aromatic carbocycles. The monoisotopic (exact) mass is 368 g/mol. The van der Waals surface area contributed by atoms with Crippen molar-refractivity contribution in [2.75, 3.05) is 18.2 Å². The summed E-state index contributed by atoms with van der Waals surface area (Å²) in [7, 11) is 0. The normalized spacial score (nSPS) is 11.9. The number of benzene rings is 2. The van der Waals surface area contributed by atoms with Crippen LogP contribution in [0.1, 0.15) is 31.4 Å². The number of nitrogens with zero attached hydrogens (tertiary/aromatic N) is 1. The lowest BCUT2D eigenvalue weighted by atomic mass is 10.1. The summed E-state index contributed by atoms with van der Waals surface area (Å²) >= 11 is 0. The molecule has 0 aliphatic carbocycles. The van der Waals surface area contributed by atoms with Crippen molar-refractivity contribution in [2.45, 2.75) is 33.2 Å². The van der Waals surface area contributed by atoms with Gasteiger partial charge in [0.15, 0.2) is 11.5 Å². The van der Waals surface area contributed by atoms with Crippen molar-refractivity contribution in [3.63, 3.8) is 0 Å². The Kier molecular flexibility index (Phi) is 5.96. The van der Waals surface area contributed by atoms with Crippen LogP contribution >= 0.6 is 0 Å². The van der Waals surface area contributed by atoms with E-state index in [4.69, 9.17) is 9.47 Å². The number of amides is 2. The Morgan fingerprint density at radius 1 is 1.04 bits per heavy atom. The molecule has 0 spiro atoms. The Balaban J connectivity index is 1.52. The highest BCUT2D eigenvalue weighted by Gasteiger charge is 2.15. The van der Waals surface area contributed by atoms with Gasteiger partial charge in [-0.3, -0.25) is 9.59 Å². The molecule has 0 unspecified atom stereocenters. The SMILES string of the molecule is CCc1ccc(N(CCC(=O)NCc2ccc3c(c2)OCO3)C(C)=O)cc1. The third-order valence-electron chi connectivity index (χ3n) is 4.53. The highest BCUT2D eigenvalue weighted by atomic mass is 16.7. The smallest absolute Gasteiger partial charge is 0.231 e. The minimum absolute atomic E-state index is 0.0807. The Bertz CT molecular complexity index is 817. The number of fused-ring (bicyclic) bond motifs is 1. The first-order valence-corrected chi connectivity index (χ1v) is 9.09. The molecule has 0 saturated carbocycles. The van der Waals surface area contributed by atoms with E-state index in [1.165, 1.54) is 12.5 Å². The lowest BCUT2D eigenvalue weighted by Crippen LogP contribution is -2.33. The van der Waals surface area contributed by atoms with Crippen LogP contribution < -0.4 is 19.7 Å². The van der Waals surface area contributed by atoms with Crippen LogP contribution in [0.3, 0.4) is 0 Å². The van der Waals surface area contributed by atoms with Gasteiger partial charge in [0.05, 0.1) is 0 Å². The Hall–Kier alpha value is -3.02. The molecule has 0 saturated heterocycles. The van der Waals surface area contributed by atoms with Crippen LogP contribution in [0.15, 0.2) is 42.5 Å². The van der Waals surface area contributed by atoms with Gasteiger partial charge in [0, 0.05) is 32.1 Å². The summed E-state index contributed by atoms with van der Waals surface area (Å²) in [5.41, 5.74) is 2.96. The Morgan fingerprint density at radius 2 is 1.74 bits per heavy atom. The van der Waals surface area contributed by atoms with Crippen LogP contribution in [-0.4, -0.2) is 25.2 Å². The third kappa shape index (κ3) is 4.78. The van der Waals surface area contributed by atoms with Crippen molar-refractivity contribution >= 4 is 17.5 Å². The molecule has 1 aliphatic rings. The van der Waals surface area contributed by atoms with Gasteiger partial charge in [0.2, 0.25) is 18.6 Å². The van der Waals surface area contributed by atoms with Crippen molar-refractivity contribution in [2.24, 2.45) is 0 Å². The molecule has 0 fully saturated rings. The van der Waals surface area contributed by atoms with Crippen LogP contribution in [0.2, 0.25) is 0 Å². The molecule has 3 rings (SSSR count). The van der Waals surface area contributed by atoms with Crippen LogP contribution in [0.25, 0.3) is 0 Å². The van der Waals surface area contributed by atoms with Gasteiger partial charge in [0.1, 0.15) is 0 Å². The number of hydrogen-bond acceptors (Lipinski definition) is 4. The summed E-state index contributed by atoms with van der Waals surface area (Å²) in [5, 5.41) is 2.88. The maximum absolute atomic E-state index is 12.2. The number of ether oxygens (including phenoxy) is 2. The molecule has 1 heterocycles. The van der Waals surface area contributed by atoms with Crippen molar-refractivity contribution in [1.82, 2.24) is 5.32 Å². The van der Waals surface area contributed by atoms with Gasteiger partial charge in [-0.05, 0) is 41.8 Å². The largest absolute Gasteiger partial charge is 0.454 e. The molecule has 6 heteroatoms. The topological polar surface area (TPSA) is 67.9 Å². The highest BCUT2D eigenvalue weighted by Crippen LogP contribution is 2.32. The minimum Gasteiger partial charge on any atom is -0.454 e. The Morgan fingerprint density at radius 3 is 2.44 bits per heavy atom. The standard InChI is InChI=1S/C21H24N2O4/c1-3-16-4-7-18(8-5-16)23(15(2)24)11-10-21(25)22-13-17-6-9-19-20(12-17)27-14-26-19/h4-9,12H,3,10-11,13-14H2,1-2H3,(H,22,25). The molecule has 2 aromatic rings. The van der Waals surface area contributed by atoms with Crippen LogP contribution in [0, 0.1) is 0 Å². The molecule has 1 aliphatic heterocycles. The fourth-order valence-corrected chi connectivity index (χ4v) is 2.93. The highest BCUT2D eigenvalue weighted by molar-refractivity contribution is 5.92. The minimum atomic E-state index is -0.107. The lowest BCUT2D eigenvalue weighted by molar-refractivity contribution is -0.121. The van der Waals surface area contributed by atoms with E-state index in [9.17, 15) is 9.59 Å². The van der Waals surface area contributed by atoms with Gasteiger partial charge in [-0.1, -0.05) is 25.1 Å². The van der Waals surface area contributed by atoms with Crippen molar-refractivity contribution in [3.05, 3.63) is 53.6 Å². The van der Waals surface area contributed by atoms with E-state index in [0.717, 1.165) is 23.4 Å². The number of anilines is 1. The molecule has 142 valence electrons. The zero-order valence-electron chi connectivity index (χ0n) is 15.7. The molecule has 1 N–H and O–H groups in total. The first-order chi connectivity index (χ1) is 13.1. The zero-order chi connectivity index (χ0) is 19.2. The summed E-state index contributed by atoms with van der Waals surface area (Å²) in [4.78, 5) is 25.8. The summed E-state index contributed by atoms with van der Waals surface area (Å²) in [6.07, 6.45) is 1.18. The van der Waals surface area contributed by atoms with Crippen molar-refractivity contribution in [3.8, 4) is 11.5 Å². The average molecular weight is 368 g/mol. The van der Waals surface area contributed by atoms with Gasteiger partial charge >= 0.3 is 0 Å². The van der Waals surface area contributed by atoms with Crippen LogP contribution in [0.4, 0.5) is 5.69 Å². The molecule has 0 radical (unpaired) electrons. The van der Waals surface area contributed by atoms with Gasteiger partial charge in [-0.2, -0.15) is 0 Å². The quantitative estimate of drug-likeness (QED) is 0.816. The first kappa shape index (κ1) is 18.8. The fraction of sp³-hybridized carbons (Fsp3) is 0.333. The van der Waals surface area contributed by atoms with Crippen molar-refractivity contribution in [1.29, 1.82) is 0 Å². The van der Waals surface area contributed by atoms with E-state index in [1.54, 1.807) is 4.90 Å². The number of nitrogens with one attached hydrogen (secondary N) is 1. The second-order valence-electron chi connectivity index (χ2n) is 6.40. The van der Waals surface area contributed by atoms with E-state index in [2.05, 4.69) is 12.2 Å². The summed E-state index contributed by atoms with van der Waals surface area (Å²) in [6, 6.07) is 13.4. The summed E-state index contributed by atoms with van der Waals surface area (Å²) in [5.74, 6) is 1.23. The fourth-order valence-electron chi connectivity index (χ4n) is 2.93. The number of carbonyl (C=O) groups is 2. The van der Waals surface area contributed by atoms with Gasteiger partial charge in [0.25, 0.3) is 0 Å². The average Bonchev–Trinajstić information content (AvgIpc) is 3.14. The number of carbonyl (C=O) groups excluding carboxylic acids is 2. The molecule has 6 nitrogen and oxygen atoms in total. The van der Waals surface area contributed by atoms with Gasteiger partial charge in [-0.15, -0.1) is 0 Å². The molecule has 0 atom stereocenters. The summed E-state index contributed by atoms with van der Waals surface area (Å²) in [6.45, 7) is 4.57. The maximum atomic E-state index is 12.2. The van der Waals surface area contributed by atoms with Crippen LogP contribution in [-0.2, 0) is 22.6 Å². The van der Waals surface area contributed by atoms with Gasteiger partial charge in [-0.25, -0.2) is 0 Å². The third-order valence-corrected chi connectivity index (χ3v) is 4.53. The van der Waals surface area contributed by atoms with E-state index in [-0.39, 0.29) is 25.0 Å². The van der Waals surface area contributed by atoms with E-state index in [0.29, 0.717) is 18.8 Å². The predicted octanol–water partition coefficient (Wildman–Crippen LogP) is 3.04. The number of aryl methyl sites for hydroxylation is 1. The molecular weight excluding hydrogens is 344 g/mol. The van der Waals surface area contributed by atoms with E-state index < -0.39 is 0 Å². The van der Waals surface area contributed by atoms with E-state index in [1.807, 2.05) is 42.5 Å². The lowest BCUT2D eigenvalue weighted by Gasteiger charge is -2.21. The molecular formula is C21H24N2O4. The first-order valence-electron chi connectivity index (χ1n) is 9.09. The molecule has 0 aromatic heterocycles. The maximum Gasteiger partial charge on any atom is 0.231 e. The predicted molar refractivity (Wildman–Crippen MR) is 103 cm³/mol. The number of hydrogen-bond donors (Lipinski definition) is 1. The van der Waals surface area contributed by atoms with Gasteiger partial charge < -0.3 is 19.7 Å². The molecule has 2 amide bonds. The zero-order valence-corrected chi connectivity index (χ0v) is 15.7. The Labute approximate surface area is 159 Å². The van der Waals surface area contributed by atoms with E-state index >= 15 is 0 Å².